The van der Waals surface area contributed by atoms with E-state index in [2.05, 4.69) is 0 Å². The number of halogens is 4. The van der Waals surface area contributed by atoms with Crippen LogP contribution in [0.4, 0.5) is 13.2 Å². The molecule has 0 saturated carbocycles. The van der Waals surface area contributed by atoms with Crippen LogP contribution in [0.2, 0.25) is 5.02 Å². The molecule has 0 aromatic heterocycles. The molecule has 1 aromatic rings. The van der Waals surface area contributed by atoms with Crippen LogP contribution in [0, 0.1) is 13.8 Å². The molecule has 1 aliphatic heterocycles. The third-order valence-electron chi connectivity index (χ3n) is 2.81. The van der Waals surface area contributed by atoms with E-state index in [-0.39, 0.29) is 10.8 Å². The van der Waals surface area contributed by atoms with Gasteiger partial charge < -0.3 is 4.74 Å². The summed E-state index contributed by atoms with van der Waals surface area (Å²) in [6, 6.07) is 1.61. The Hall–Kier alpha value is -1.16. The number of benzene rings is 1. The summed E-state index contributed by atoms with van der Waals surface area (Å²) < 4.78 is 42.5. The third kappa shape index (κ3) is 2.14. The molecule has 0 fully saturated rings. The molecule has 2 rings (SSSR count). The van der Waals surface area contributed by atoms with Crippen molar-refractivity contribution >= 4 is 17.7 Å². The Bertz CT molecular complexity index is 492. The summed E-state index contributed by atoms with van der Waals surface area (Å²) in [7, 11) is 0. The van der Waals surface area contributed by atoms with Crippen molar-refractivity contribution in [1.29, 1.82) is 0 Å². The number of hydrogen-bond donors (Lipinski definition) is 0. The Morgan fingerprint density at radius 2 is 1.94 bits per heavy atom. The number of ether oxygens (including phenoxy) is 1. The van der Waals surface area contributed by atoms with E-state index in [1.807, 2.05) is 13.8 Å². The molecular formula is C12H10ClF3O. The van der Waals surface area contributed by atoms with Crippen molar-refractivity contribution < 1.29 is 17.9 Å². The maximum Gasteiger partial charge on any atom is 0.429 e. The van der Waals surface area contributed by atoms with Crippen LogP contribution in [-0.4, -0.2) is 12.3 Å². The highest BCUT2D eigenvalue weighted by Gasteiger charge is 2.42. The van der Waals surface area contributed by atoms with Crippen molar-refractivity contribution in [3.63, 3.8) is 0 Å². The molecule has 1 heterocycles. The smallest absolute Gasteiger partial charge is 0.429 e. The van der Waals surface area contributed by atoms with Gasteiger partial charge in [0.05, 0.1) is 5.02 Å². The Morgan fingerprint density at radius 3 is 2.53 bits per heavy atom. The molecule has 0 spiro atoms. The second-order valence-corrected chi connectivity index (χ2v) is 4.39. The standard InChI is InChI=1S/C12H10ClF3O/c1-6-5-9(13)11-8(7(6)2)3-4-10(17-11)12(14,15)16/h3-5,10H,1-2H3. The molecule has 17 heavy (non-hydrogen) atoms. The Balaban J connectivity index is 2.50. The van der Waals surface area contributed by atoms with Gasteiger partial charge in [-0.2, -0.15) is 13.2 Å². The van der Waals surface area contributed by atoms with Crippen LogP contribution in [0.3, 0.4) is 0 Å². The van der Waals surface area contributed by atoms with Gasteiger partial charge in [0.25, 0.3) is 0 Å². The second kappa shape index (κ2) is 3.95. The molecule has 92 valence electrons. The molecule has 1 aliphatic rings. The SMILES string of the molecule is Cc1cc(Cl)c2c(c1C)C=CC(C(F)(F)F)O2. The van der Waals surface area contributed by atoms with Gasteiger partial charge in [0.15, 0.2) is 0 Å². The summed E-state index contributed by atoms with van der Waals surface area (Å²) in [4.78, 5) is 0. The van der Waals surface area contributed by atoms with E-state index in [0.29, 0.717) is 5.56 Å². The van der Waals surface area contributed by atoms with E-state index in [1.165, 1.54) is 6.08 Å². The largest absolute Gasteiger partial charge is 0.475 e. The highest BCUT2D eigenvalue weighted by atomic mass is 35.5. The van der Waals surface area contributed by atoms with E-state index in [0.717, 1.165) is 17.2 Å². The lowest BCUT2D eigenvalue weighted by Crippen LogP contribution is -2.34. The van der Waals surface area contributed by atoms with E-state index in [9.17, 15) is 13.2 Å². The third-order valence-corrected chi connectivity index (χ3v) is 3.09. The van der Waals surface area contributed by atoms with Crippen molar-refractivity contribution in [2.45, 2.75) is 26.1 Å². The van der Waals surface area contributed by atoms with Crippen LogP contribution in [0.15, 0.2) is 12.1 Å². The van der Waals surface area contributed by atoms with Crippen LogP contribution in [-0.2, 0) is 0 Å². The highest BCUT2D eigenvalue weighted by Crippen LogP contribution is 2.40. The van der Waals surface area contributed by atoms with Gasteiger partial charge in [0.1, 0.15) is 5.75 Å². The topological polar surface area (TPSA) is 9.23 Å². The fourth-order valence-corrected chi connectivity index (χ4v) is 2.03. The van der Waals surface area contributed by atoms with Crippen LogP contribution in [0.1, 0.15) is 16.7 Å². The maximum absolute atomic E-state index is 12.5. The zero-order chi connectivity index (χ0) is 12.8. The molecule has 0 saturated heterocycles. The van der Waals surface area contributed by atoms with Crippen molar-refractivity contribution in [3.05, 3.63) is 33.9 Å². The summed E-state index contributed by atoms with van der Waals surface area (Å²) >= 11 is 5.91. The molecule has 1 aromatic carbocycles. The monoisotopic (exact) mass is 262 g/mol. The summed E-state index contributed by atoms with van der Waals surface area (Å²) in [5, 5.41) is 0.210. The first kappa shape index (κ1) is 12.3. The Morgan fingerprint density at radius 1 is 1.29 bits per heavy atom. The maximum atomic E-state index is 12.5. The van der Waals surface area contributed by atoms with Crippen LogP contribution in [0.25, 0.3) is 6.08 Å². The van der Waals surface area contributed by atoms with Gasteiger partial charge in [-0.25, -0.2) is 0 Å². The van der Waals surface area contributed by atoms with Gasteiger partial charge in [0, 0.05) is 5.56 Å². The van der Waals surface area contributed by atoms with Crippen LogP contribution >= 0.6 is 11.6 Å². The number of rotatable bonds is 0. The molecule has 1 atom stereocenters. The van der Waals surface area contributed by atoms with E-state index in [4.69, 9.17) is 16.3 Å². The molecule has 0 aliphatic carbocycles. The zero-order valence-corrected chi connectivity index (χ0v) is 9.99. The highest BCUT2D eigenvalue weighted by molar-refractivity contribution is 6.32. The second-order valence-electron chi connectivity index (χ2n) is 3.98. The lowest BCUT2D eigenvalue weighted by atomic mass is 9.99. The predicted molar refractivity (Wildman–Crippen MR) is 60.4 cm³/mol. The van der Waals surface area contributed by atoms with Gasteiger partial charge in [0.2, 0.25) is 6.10 Å². The predicted octanol–water partition coefficient (Wildman–Crippen LogP) is 4.29. The van der Waals surface area contributed by atoms with E-state index in [1.54, 1.807) is 6.07 Å². The number of aryl methyl sites for hydroxylation is 1. The molecule has 5 heteroatoms. The summed E-state index contributed by atoms with van der Waals surface area (Å²) in [6.45, 7) is 3.68. The van der Waals surface area contributed by atoms with Crippen molar-refractivity contribution in [3.8, 4) is 5.75 Å². The van der Waals surface area contributed by atoms with Crippen molar-refractivity contribution in [2.75, 3.05) is 0 Å². The molecular weight excluding hydrogens is 253 g/mol. The summed E-state index contributed by atoms with van der Waals surface area (Å²) in [5.74, 6) is 0.111. The number of alkyl halides is 3. The minimum Gasteiger partial charge on any atom is -0.475 e. The molecule has 1 nitrogen and oxygen atoms in total. The first-order valence-electron chi connectivity index (χ1n) is 5.02. The zero-order valence-electron chi connectivity index (χ0n) is 9.23. The quantitative estimate of drug-likeness (QED) is 0.678. The molecule has 0 N–H and O–H groups in total. The van der Waals surface area contributed by atoms with E-state index >= 15 is 0 Å². The number of fused-ring (bicyclic) bond motifs is 1. The minimum absolute atomic E-state index is 0.111. The van der Waals surface area contributed by atoms with Gasteiger partial charge in [-0.05, 0) is 37.1 Å². The molecule has 1 unspecified atom stereocenters. The molecule has 0 radical (unpaired) electrons. The Labute approximate surface area is 102 Å². The van der Waals surface area contributed by atoms with Crippen LogP contribution in [0.5, 0.6) is 5.75 Å². The first-order chi connectivity index (χ1) is 7.80. The normalized spacial score (nSPS) is 18.8. The molecule has 0 bridgehead atoms. The average Bonchev–Trinajstić information content (AvgIpc) is 2.24. The van der Waals surface area contributed by atoms with Gasteiger partial charge >= 0.3 is 6.18 Å². The average molecular weight is 263 g/mol. The summed E-state index contributed by atoms with van der Waals surface area (Å²) in [5.41, 5.74) is 2.42. The Kier molecular flexibility index (Phi) is 2.86. The number of hydrogen-bond acceptors (Lipinski definition) is 1. The lowest BCUT2D eigenvalue weighted by molar-refractivity contribution is -0.180. The van der Waals surface area contributed by atoms with E-state index < -0.39 is 12.3 Å². The van der Waals surface area contributed by atoms with Gasteiger partial charge in [-0.3, -0.25) is 0 Å². The van der Waals surface area contributed by atoms with Crippen molar-refractivity contribution in [1.82, 2.24) is 0 Å². The van der Waals surface area contributed by atoms with Gasteiger partial charge in [-0.1, -0.05) is 17.7 Å². The molecule has 0 amide bonds. The van der Waals surface area contributed by atoms with Gasteiger partial charge in [-0.15, -0.1) is 0 Å². The minimum atomic E-state index is -4.42. The summed E-state index contributed by atoms with van der Waals surface area (Å²) in [6.07, 6.45) is -3.92. The fraction of sp³-hybridized carbons (Fsp3) is 0.333. The van der Waals surface area contributed by atoms with Crippen molar-refractivity contribution in [2.24, 2.45) is 0 Å². The van der Waals surface area contributed by atoms with Crippen LogP contribution < -0.4 is 4.74 Å². The fourth-order valence-electron chi connectivity index (χ4n) is 1.72. The first-order valence-corrected chi connectivity index (χ1v) is 5.40. The lowest BCUT2D eigenvalue weighted by Gasteiger charge is -2.25.